The van der Waals surface area contributed by atoms with E-state index in [0.29, 0.717) is 6.54 Å². The zero-order chi connectivity index (χ0) is 11.5. The van der Waals surface area contributed by atoms with Gasteiger partial charge in [0.1, 0.15) is 5.82 Å². The molecule has 0 spiro atoms. The molecule has 0 atom stereocenters. The van der Waals surface area contributed by atoms with Gasteiger partial charge in [0.2, 0.25) is 0 Å². The normalized spacial score (nSPS) is 10.7. The summed E-state index contributed by atoms with van der Waals surface area (Å²) in [6, 6.07) is 6.28. The Kier molecular flexibility index (Phi) is 3.01. The summed E-state index contributed by atoms with van der Waals surface area (Å²) in [4.78, 5) is 0. The lowest BCUT2D eigenvalue weighted by Gasteiger charge is -2.04. The van der Waals surface area contributed by atoms with E-state index in [9.17, 15) is 4.39 Å². The van der Waals surface area contributed by atoms with Gasteiger partial charge in [-0.2, -0.15) is 5.10 Å². The van der Waals surface area contributed by atoms with E-state index in [4.69, 9.17) is 5.73 Å². The van der Waals surface area contributed by atoms with Gasteiger partial charge in [0, 0.05) is 5.69 Å². The maximum Gasteiger partial charge on any atom is 0.123 e. The first-order valence-corrected chi connectivity index (χ1v) is 5.22. The van der Waals surface area contributed by atoms with Gasteiger partial charge in [-0.25, -0.2) is 9.07 Å². The van der Waals surface area contributed by atoms with Crippen LogP contribution in [0.5, 0.6) is 0 Å². The second-order valence-corrected chi connectivity index (χ2v) is 3.68. The zero-order valence-corrected chi connectivity index (χ0v) is 9.15. The van der Waals surface area contributed by atoms with Crippen LogP contribution >= 0.6 is 0 Å². The van der Waals surface area contributed by atoms with Crippen LogP contribution in [0.3, 0.4) is 0 Å². The van der Waals surface area contributed by atoms with Crippen molar-refractivity contribution < 1.29 is 4.39 Å². The second-order valence-electron chi connectivity index (χ2n) is 3.68. The summed E-state index contributed by atoms with van der Waals surface area (Å²) in [5.41, 5.74) is 8.56. The van der Waals surface area contributed by atoms with Crippen molar-refractivity contribution in [3.05, 3.63) is 47.5 Å². The minimum atomic E-state index is -0.240. The summed E-state index contributed by atoms with van der Waals surface area (Å²) in [6.07, 6.45) is 2.62. The van der Waals surface area contributed by atoms with Gasteiger partial charge >= 0.3 is 0 Å². The SMILES string of the molecule is Cc1c(CCN)cnn1-c1ccc(F)cc1. The predicted molar refractivity (Wildman–Crippen MR) is 61.0 cm³/mol. The van der Waals surface area contributed by atoms with Crippen LogP contribution in [0, 0.1) is 12.7 Å². The average Bonchev–Trinajstić information content (AvgIpc) is 2.63. The first-order valence-electron chi connectivity index (χ1n) is 5.22. The van der Waals surface area contributed by atoms with E-state index in [1.54, 1.807) is 16.8 Å². The molecule has 1 heterocycles. The van der Waals surface area contributed by atoms with Gasteiger partial charge in [0.05, 0.1) is 11.9 Å². The molecule has 1 aromatic carbocycles. The molecule has 0 aliphatic rings. The van der Waals surface area contributed by atoms with E-state index in [0.717, 1.165) is 23.4 Å². The molecule has 0 aliphatic carbocycles. The molecule has 0 saturated carbocycles. The highest BCUT2D eigenvalue weighted by molar-refractivity contribution is 5.34. The minimum absolute atomic E-state index is 0.240. The van der Waals surface area contributed by atoms with Crippen LogP contribution in [0.1, 0.15) is 11.3 Å². The van der Waals surface area contributed by atoms with Crippen molar-refractivity contribution in [2.45, 2.75) is 13.3 Å². The number of benzene rings is 1. The van der Waals surface area contributed by atoms with Crippen LogP contribution in [0.4, 0.5) is 4.39 Å². The van der Waals surface area contributed by atoms with Gasteiger partial charge < -0.3 is 5.73 Å². The van der Waals surface area contributed by atoms with E-state index in [2.05, 4.69) is 5.10 Å². The van der Waals surface area contributed by atoms with E-state index in [-0.39, 0.29) is 5.82 Å². The molecule has 0 amide bonds. The number of aromatic nitrogens is 2. The number of nitrogens with zero attached hydrogens (tertiary/aromatic N) is 2. The topological polar surface area (TPSA) is 43.8 Å². The van der Waals surface area contributed by atoms with Crippen LogP contribution in [-0.2, 0) is 6.42 Å². The lowest BCUT2D eigenvalue weighted by Crippen LogP contribution is -2.04. The lowest BCUT2D eigenvalue weighted by atomic mass is 10.2. The lowest BCUT2D eigenvalue weighted by molar-refractivity contribution is 0.627. The standard InChI is InChI=1S/C12H14FN3/c1-9-10(6-7-14)8-15-16(9)12-4-2-11(13)3-5-12/h2-5,8H,6-7,14H2,1H3. The molecule has 16 heavy (non-hydrogen) atoms. The Bertz CT molecular complexity index is 474. The zero-order valence-electron chi connectivity index (χ0n) is 9.15. The predicted octanol–water partition coefficient (Wildman–Crippen LogP) is 1.82. The molecule has 0 aliphatic heterocycles. The van der Waals surface area contributed by atoms with Crippen molar-refractivity contribution in [2.75, 3.05) is 6.54 Å². The van der Waals surface area contributed by atoms with Crippen LogP contribution in [0.25, 0.3) is 5.69 Å². The summed E-state index contributed by atoms with van der Waals surface area (Å²) < 4.78 is 14.6. The van der Waals surface area contributed by atoms with E-state index in [1.165, 1.54) is 12.1 Å². The molecule has 0 saturated heterocycles. The molecule has 2 aromatic rings. The van der Waals surface area contributed by atoms with Crippen LogP contribution < -0.4 is 5.73 Å². The van der Waals surface area contributed by atoms with E-state index < -0.39 is 0 Å². The Morgan fingerprint density at radius 2 is 2.00 bits per heavy atom. The molecular weight excluding hydrogens is 205 g/mol. The number of hydrogen-bond donors (Lipinski definition) is 1. The highest BCUT2D eigenvalue weighted by Crippen LogP contribution is 2.14. The number of rotatable bonds is 3. The Morgan fingerprint density at radius 3 is 2.62 bits per heavy atom. The van der Waals surface area contributed by atoms with Crippen LogP contribution in [0.2, 0.25) is 0 Å². The summed E-state index contributed by atoms with van der Waals surface area (Å²) in [7, 11) is 0. The monoisotopic (exact) mass is 219 g/mol. The average molecular weight is 219 g/mol. The van der Waals surface area contributed by atoms with Gasteiger partial charge in [0.25, 0.3) is 0 Å². The number of hydrogen-bond acceptors (Lipinski definition) is 2. The van der Waals surface area contributed by atoms with Gasteiger partial charge in [-0.3, -0.25) is 0 Å². The van der Waals surface area contributed by atoms with Crippen molar-refractivity contribution in [1.82, 2.24) is 9.78 Å². The van der Waals surface area contributed by atoms with Crippen molar-refractivity contribution in [3.63, 3.8) is 0 Å². The molecule has 0 radical (unpaired) electrons. The maximum absolute atomic E-state index is 12.8. The highest BCUT2D eigenvalue weighted by atomic mass is 19.1. The molecule has 0 fully saturated rings. The Morgan fingerprint density at radius 1 is 1.31 bits per heavy atom. The van der Waals surface area contributed by atoms with Gasteiger partial charge in [-0.05, 0) is 49.7 Å². The van der Waals surface area contributed by atoms with Crippen LogP contribution in [0.15, 0.2) is 30.5 Å². The number of nitrogens with two attached hydrogens (primary N) is 1. The molecule has 0 unspecified atom stereocenters. The second kappa shape index (κ2) is 4.45. The molecule has 1 aromatic heterocycles. The summed E-state index contributed by atoms with van der Waals surface area (Å²) >= 11 is 0. The third-order valence-corrected chi connectivity index (χ3v) is 2.60. The van der Waals surface area contributed by atoms with E-state index >= 15 is 0 Å². The molecule has 2 rings (SSSR count). The fourth-order valence-corrected chi connectivity index (χ4v) is 1.69. The summed E-state index contributed by atoms with van der Waals surface area (Å²) in [5.74, 6) is -0.240. The van der Waals surface area contributed by atoms with Crippen LogP contribution in [-0.4, -0.2) is 16.3 Å². The Balaban J connectivity index is 2.37. The highest BCUT2D eigenvalue weighted by Gasteiger charge is 2.07. The third-order valence-electron chi connectivity index (χ3n) is 2.60. The molecule has 3 nitrogen and oxygen atoms in total. The van der Waals surface area contributed by atoms with Crippen molar-refractivity contribution in [2.24, 2.45) is 5.73 Å². The minimum Gasteiger partial charge on any atom is -0.330 e. The molecular formula is C12H14FN3. The third kappa shape index (κ3) is 1.97. The maximum atomic E-state index is 12.8. The molecule has 4 heteroatoms. The van der Waals surface area contributed by atoms with E-state index in [1.807, 2.05) is 13.1 Å². The fraction of sp³-hybridized carbons (Fsp3) is 0.250. The van der Waals surface area contributed by atoms with Gasteiger partial charge in [-0.1, -0.05) is 0 Å². The first kappa shape index (κ1) is 10.8. The largest absolute Gasteiger partial charge is 0.330 e. The van der Waals surface area contributed by atoms with Crippen molar-refractivity contribution in [3.8, 4) is 5.69 Å². The van der Waals surface area contributed by atoms with Crippen molar-refractivity contribution in [1.29, 1.82) is 0 Å². The smallest absolute Gasteiger partial charge is 0.123 e. The van der Waals surface area contributed by atoms with Crippen molar-refractivity contribution >= 4 is 0 Å². The summed E-state index contributed by atoms with van der Waals surface area (Å²) in [5, 5.41) is 4.27. The molecule has 2 N–H and O–H groups in total. The Hall–Kier alpha value is -1.68. The van der Waals surface area contributed by atoms with Gasteiger partial charge in [-0.15, -0.1) is 0 Å². The summed E-state index contributed by atoms with van der Waals surface area (Å²) in [6.45, 7) is 2.59. The van der Waals surface area contributed by atoms with Gasteiger partial charge in [0.15, 0.2) is 0 Å². The quantitative estimate of drug-likeness (QED) is 0.855. The first-order chi connectivity index (χ1) is 7.72. The Labute approximate surface area is 93.7 Å². The fourth-order valence-electron chi connectivity index (χ4n) is 1.69. The number of halogens is 1. The molecule has 0 bridgehead atoms. The molecule has 84 valence electrons.